The highest BCUT2D eigenvalue weighted by molar-refractivity contribution is 9.10. The summed E-state index contributed by atoms with van der Waals surface area (Å²) in [6.07, 6.45) is 1.17. The average Bonchev–Trinajstić information content (AvgIpc) is 2.98. The van der Waals surface area contributed by atoms with Crippen LogP contribution in [0.5, 0.6) is 0 Å². The number of alkyl halides is 1. The van der Waals surface area contributed by atoms with Gasteiger partial charge in [0.2, 0.25) is 0 Å². The van der Waals surface area contributed by atoms with Gasteiger partial charge < -0.3 is 9.47 Å². The lowest BCUT2D eigenvalue weighted by molar-refractivity contribution is -0.567. The van der Waals surface area contributed by atoms with Crippen molar-refractivity contribution in [2.75, 3.05) is 13.2 Å². The second-order valence-corrected chi connectivity index (χ2v) is 8.49. The van der Waals surface area contributed by atoms with Crippen LogP contribution >= 0.6 is 15.9 Å². The fraction of sp³-hybridized carbons (Fsp3) is 1.00. The van der Waals surface area contributed by atoms with E-state index >= 15 is 0 Å². The molecule has 0 amide bonds. The predicted octanol–water partition coefficient (Wildman–Crippen LogP) is 1.49. The molecule has 6 fully saturated rings. The van der Waals surface area contributed by atoms with E-state index in [4.69, 9.17) is 9.47 Å². The first-order valence-corrected chi connectivity index (χ1v) is 8.03. The molecule has 0 N–H and O–H groups in total. The molecule has 6 rings (SSSR count). The van der Waals surface area contributed by atoms with Crippen molar-refractivity contribution < 1.29 is 14.4 Å². The number of hydrogen-bond acceptors (Lipinski definition) is 4. The van der Waals surface area contributed by atoms with Gasteiger partial charge in [-0.3, -0.25) is 10.1 Å². The third-order valence-corrected chi connectivity index (χ3v) is 8.73. The summed E-state index contributed by atoms with van der Waals surface area (Å²) in [6.45, 7) is 1.32. The Morgan fingerprint density at radius 2 is 1.68 bits per heavy atom. The minimum Gasteiger partial charge on any atom is -0.347 e. The lowest BCUT2D eigenvalue weighted by atomic mass is 9.57. The summed E-state index contributed by atoms with van der Waals surface area (Å²) in [7, 11) is 0. The zero-order valence-corrected chi connectivity index (χ0v) is 11.8. The summed E-state index contributed by atoms with van der Waals surface area (Å²) < 4.78 is 11.3. The number of halogens is 1. The Bertz CT molecular complexity index is 535. The van der Waals surface area contributed by atoms with Gasteiger partial charge in [0.05, 0.1) is 25.0 Å². The van der Waals surface area contributed by atoms with Crippen molar-refractivity contribution in [3.63, 3.8) is 0 Å². The molecule has 0 aromatic carbocycles. The lowest BCUT2D eigenvalue weighted by Crippen LogP contribution is -2.64. The number of rotatable bonds is 1. The Hall–Kier alpha value is -0.200. The van der Waals surface area contributed by atoms with Crippen LogP contribution in [0.2, 0.25) is 0 Å². The van der Waals surface area contributed by atoms with Gasteiger partial charge in [-0.2, -0.15) is 0 Å². The Morgan fingerprint density at radius 1 is 1.05 bits per heavy atom. The second kappa shape index (κ2) is 2.62. The number of ether oxygens (including phenoxy) is 2. The van der Waals surface area contributed by atoms with Crippen molar-refractivity contribution in [3.05, 3.63) is 10.1 Å². The Morgan fingerprint density at radius 3 is 2.37 bits per heavy atom. The van der Waals surface area contributed by atoms with Crippen molar-refractivity contribution in [1.29, 1.82) is 0 Å². The minimum atomic E-state index is -0.889. The maximum absolute atomic E-state index is 11.7. The molecule has 0 aromatic rings. The zero-order valence-electron chi connectivity index (χ0n) is 10.2. The van der Waals surface area contributed by atoms with E-state index in [9.17, 15) is 10.1 Å². The topological polar surface area (TPSA) is 61.6 Å². The summed E-state index contributed by atoms with van der Waals surface area (Å²) >= 11 is 3.58. The first-order chi connectivity index (χ1) is 9.12. The van der Waals surface area contributed by atoms with Gasteiger partial charge in [0.25, 0.3) is 4.45 Å². The molecular formula is C13H14BrNO4. The smallest absolute Gasteiger partial charge is 0.281 e. The second-order valence-electron chi connectivity index (χ2n) is 7.22. The first kappa shape index (κ1) is 10.5. The lowest BCUT2D eigenvalue weighted by Gasteiger charge is -2.53. The SMILES string of the molecule is O=[N+]([O-])C1(Br)C2C3CC4C5C3C1C5C1(OCCO1)C42. The molecule has 0 radical (unpaired) electrons. The largest absolute Gasteiger partial charge is 0.347 e. The van der Waals surface area contributed by atoms with Crippen molar-refractivity contribution in [2.45, 2.75) is 16.7 Å². The third kappa shape index (κ3) is 0.716. The van der Waals surface area contributed by atoms with Crippen LogP contribution in [-0.4, -0.2) is 28.4 Å². The van der Waals surface area contributed by atoms with E-state index in [1.54, 1.807) is 0 Å². The molecule has 1 spiro atoms. The van der Waals surface area contributed by atoms with Crippen LogP contribution in [0.4, 0.5) is 0 Å². The highest BCUT2D eigenvalue weighted by Crippen LogP contribution is 2.89. The fourth-order valence-corrected chi connectivity index (χ4v) is 8.72. The van der Waals surface area contributed by atoms with Gasteiger partial charge in [0, 0.05) is 32.7 Å². The molecule has 6 aliphatic rings. The van der Waals surface area contributed by atoms with Gasteiger partial charge in [0.15, 0.2) is 5.79 Å². The van der Waals surface area contributed by atoms with Crippen molar-refractivity contribution in [3.8, 4) is 0 Å². The summed E-state index contributed by atoms with van der Waals surface area (Å²) in [5.74, 6) is 2.71. The first-order valence-electron chi connectivity index (χ1n) is 7.23. The van der Waals surface area contributed by atoms with Crippen LogP contribution in [0.1, 0.15) is 6.42 Å². The summed E-state index contributed by atoms with van der Waals surface area (Å²) in [6, 6.07) is 0. The van der Waals surface area contributed by atoms with Gasteiger partial charge in [0.1, 0.15) is 0 Å². The normalized spacial score (nSPS) is 68.3. The standard InChI is InChI=1S/C13H14BrNO4/c14-12(15(16)17)8-4-3-5-7-6(4)10(12)11(7)13(9(5)8)18-1-2-19-13/h4-11H,1-3H2. The van der Waals surface area contributed by atoms with Crippen LogP contribution in [0.25, 0.3) is 0 Å². The van der Waals surface area contributed by atoms with Gasteiger partial charge in [-0.15, -0.1) is 0 Å². The van der Waals surface area contributed by atoms with Crippen LogP contribution in [0.15, 0.2) is 0 Å². The summed E-state index contributed by atoms with van der Waals surface area (Å²) in [5, 5.41) is 11.7. The van der Waals surface area contributed by atoms with Crippen molar-refractivity contribution >= 4 is 15.9 Å². The molecule has 9 atom stereocenters. The number of fused-ring (bicyclic) bond motifs is 4. The molecule has 9 unspecified atom stereocenters. The van der Waals surface area contributed by atoms with E-state index in [1.807, 2.05) is 0 Å². The summed E-state index contributed by atoms with van der Waals surface area (Å²) in [5.41, 5.74) is 0. The van der Waals surface area contributed by atoms with Crippen LogP contribution in [0, 0.1) is 57.5 Å². The maximum atomic E-state index is 11.7. The maximum Gasteiger partial charge on any atom is 0.281 e. The van der Waals surface area contributed by atoms with Crippen LogP contribution in [-0.2, 0) is 9.47 Å². The highest BCUT2D eigenvalue weighted by Gasteiger charge is 2.95. The van der Waals surface area contributed by atoms with E-state index in [1.165, 1.54) is 6.42 Å². The fourth-order valence-electron chi connectivity index (χ4n) is 7.51. The molecule has 1 saturated heterocycles. The molecular weight excluding hydrogens is 314 g/mol. The minimum absolute atomic E-state index is 0.0406. The van der Waals surface area contributed by atoms with Crippen molar-refractivity contribution in [2.24, 2.45) is 47.3 Å². The van der Waals surface area contributed by atoms with E-state index in [-0.39, 0.29) is 28.6 Å². The Kier molecular flexibility index (Phi) is 1.45. The van der Waals surface area contributed by atoms with Gasteiger partial charge >= 0.3 is 0 Å². The molecule has 6 heteroatoms. The molecule has 19 heavy (non-hydrogen) atoms. The molecule has 0 aromatic heterocycles. The number of nitrogens with zero attached hydrogens (tertiary/aromatic N) is 1. The van der Waals surface area contributed by atoms with Gasteiger partial charge in [-0.25, -0.2) is 0 Å². The third-order valence-electron chi connectivity index (χ3n) is 7.39. The summed E-state index contributed by atoms with van der Waals surface area (Å²) in [4.78, 5) is 11.7. The van der Waals surface area contributed by atoms with Crippen molar-refractivity contribution in [1.82, 2.24) is 0 Å². The molecule has 1 aliphatic heterocycles. The van der Waals surface area contributed by atoms with E-state index in [0.717, 1.165) is 0 Å². The highest BCUT2D eigenvalue weighted by atomic mass is 79.9. The quantitative estimate of drug-likeness (QED) is 0.317. The molecule has 5 aliphatic carbocycles. The molecule has 5 saturated carbocycles. The average molecular weight is 328 g/mol. The van der Waals surface area contributed by atoms with Crippen LogP contribution < -0.4 is 0 Å². The number of hydrogen-bond donors (Lipinski definition) is 0. The van der Waals surface area contributed by atoms with E-state index in [0.29, 0.717) is 36.9 Å². The molecule has 1 heterocycles. The van der Waals surface area contributed by atoms with Gasteiger partial charge in [-0.1, -0.05) is 0 Å². The number of nitro groups is 1. The Labute approximate surface area is 118 Å². The van der Waals surface area contributed by atoms with Crippen LogP contribution in [0.3, 0.4) is 0 Å². The zero-order chi connectivity index (χ0) is 12.7. The van der Waals surface area contributed by atoms with E-state index < -0.39 is 10.2 Å². The van der Waals surface area contributed by atoms with E-state index in [2.05, 4.69) is 15.9 Å². The molecule has 2 bridgehead atoms. The van der Waals surface area contributed by atoms with Gasteiger partial charge in [-0.05, 0) is 30.1 Å². The Balaban J connectivity index is 1.61. The predicted molar refractivity (Wildman–Crippen MR) is 65.8 cm³/mol. The monoisotopic (exact) mass is 327 g/mol. The molecule has 102 valence electrons. The molecule has 5 nitrogen and oxygen atoms in total.